The van der Waals surface area contributed by atoms with E-state index >= 15 is 0 Å². The lowest BCUT2D eigenvalue weighted by Gasteiger charge is -2.29. The maximum atomic E-state index is 13.1. The molecule has 0 bridgehead atoms. The molecule has 0 aliphatic carbocycles. The molecule has 0 saturated carbocycles. The van der Waals surface area contributed by atoms with Crippen molar-refractivity contribution >= 4 is 11.9 Å². The van der Waals surface area contributed by atoms with Gasteiger partial charge in [0.05, 0.1) is 12.2 Å². The number of nitrogens with zero attached hydrogens (tertiary/aromatic N) is 3. The molecule has 9 heteroatoms. The molecular formula is C17H17F3N4O2. The minimum Gasteiger partial charge on any atom is -0.463 e. The summed E-state index contributed by atoms with van der Waals surface area (Å²) in [5.74, 6) is -1.95. The number of carbonyl (C=O) groups is 1. The second-order valence-electron chi connectivity index (χ2n) is 5.84. The average Bonchev–Trinajstić information content (AvgIpc) is 2.98. The highest BCUT2D eigenvalue weighted by atomic mass is 19.4. The lowest BCUT2D eigenvalue weighted by atomic mass is 9.93. The molecule has 1 unspecified atom stereocenters. The number of nitrogens with one attached hydrogen (secondary N) is 1. The third-order valence-electron chi connectivity index (χ3n) is 4.08. The summed E-state index contributed by atoms with van der Waals surface area (Å²) in [6.07, 6.45) is -4.69. The third kappa shape index (κ3) is 3.04. The number of rotatable bonds is 3. The first kappa shape index (κ1) is 18.0. The van der Waals surface area contributed by atoms with Crippen LogP contribution in [0.5, 0.6) is 0 Å². The maximum absolute atomic E-state index is 13.1. The molecule has 0 spiro atoms. The van der Waals surface area contributed by atoms with Gasteiger partial charge in [-0.3, -0.25) is 0 Å². The van der Waals surface area contributed by atoms with Crippen molar-refractivity contribution in [3.63, 3.8) is 0 Å². The number of carbonyl (C=O) groups excluding carboxylic acids is 1. The Labute approximate surface area is 147 Å². The fraction of sp³-hybridized carbons (Fsp3) is 0.353. The van der Waals surface area contributed by atoms with Gasteiger partial charge in [-0.05, 0) is 31.9 Å². The average molecular weight is 366 g/mol. The molecule has 1 aromatic heterocycles. The van der Waals surface area contributed by atoms with Crippen LogP contribution in [-0.4, -0.2) is 27.3 Å². The summed E-state index contributed by atoms with van der Waals surface area (Å²) in [5, 5.41) is 6.35. The zero-order chi connectivity index (χ0) is 19.1. The number of alkyl halides is 3. The smallest absolute Gasteiger partial charge is 0.453 e. The van der Waals surface area contributed by atoms with E-state index in [0.29, 0.717) is 11.3 Å². The van der Waals surface area contributed by atoms with Crippen LogP contribution in [0.4, 0.5) is 19.1 Å². The van der Waals surface area contributed by atoms with E-state index in [9.17, 15) is 18.0 Å². The SMILES string of the molecule is CCOC(=O)C1=C(C)Nc2nc(C(F)(F)F)nn2C1c1ccccc1C. The molecule has 1 aliphatic heterocycles. The highest BCUT2D eigenvalue weighted by Gasteiger charge is 2.41. The monoisotopic (exact) mass is 366 g/mol. The van der Waals surface area contributed by atoms with Gasteiger partial charge in [-0.2, -0.15) is 18.2 Å². The molecule has 138 valence electrons. The second kappa shape index (κ2) is 6.47. The van der Waals surface area contributed by atoms with Gasteiger partial charge in [0.25, 0.3) is 5.82 Å². The Hall–Kier alpha value is -2.84. The topological polar surface area (TPSA) is 69.0 Å². The molecule has 1 aromatic carbocycles. The van der Waals surface area contributed by atoms with Gasteiger partial charge in [-0.25, -0.2) is 9.48 Å². The van der Waals surface area contributed by atoms with E-state index < -0.39 is 24.0 Å². The molecule has 6 nitrogen and oxygen atoms in total. The van der Waals surface area contributed by atoms with E-state index in [1.165, 1.54) is 0 Å². The van der Waals surface area contributed by atoms with E-state index in [1.807, 2.05) is 19.1 Å². The Morgan fingerprint density at radius 2 is 2.00 bits per heavy atom. The van der Waals surface area contributed by atoms with Crippen LogP contribution in [0.2, 0.25) is 0 Å². The van der Waals surface area contributed by atoms with Crippen LogP contribution in [0.15, 0.2) is 35.5 Å². The number of ether oxygens (including phenoxy) is 1. The van der Waals surface area contributed by atoms with Gasteiger partial charge in [0.15, 0.2) is 0 Å². The zero-order valence-corrected chi connectivity index (χ0v) is 14.4. The Balaban J connectivity index is 2.22. The Morgan fingerprint density at radius 3 is 2.62 bits per heavy atom. The number of anilines is 1. The molecule has 3 rings (SSSR count). The van der Waals surface area contributed by atoms with E-state index in [2.05, 4.69) is 15.4 Å². The highest BCUT2D eigenvalue weighted by molar-refractivity contribution is 5.92. The third-order valence-corrected chi connectivity index (χ3v) is 4.08. The lowest BCUT2D eigenvalue weighted by Crippen LogP contribution is -2.30. The Kier molecular flexibility index (Phi) is 4.47. The fourth-order valence-corrected chi connectivity index (χ4v) is 2.93. The first-order valence-corrected chi connectivity index (χ1v) is 7.98. The number of benzene rings is 1. The normalized spacial score (nSPS) is 16.9. The van der Waals surface area contributed by atoms with Crippen molar-refractivity contribution in [2.45, 2.75) is 33.0 Å². The highest BCUT2D eigenvalue weighted by Crippen LogP contribution is 2.38. The standard InChI is InChI=1S/C17H17F3N4O2/c1-4-26-14(25)12-10(3)21-16-22-15(17(18,19)20)23-24(16)13(12)11-8-6-5-7-9(11)2/h5-8,13H,4H2,1-3H3,(H,21,22,23). The van der Waals surface area contributed by atoms with E-state index in [0.717, 1.165) is 10.2 Å². The summed E-state index contributed by atoms with van der Waals surface area (Å²) < 4.78 is 45.5. The second-order valence-corrected chi connectivity index (χ2v) is 5.84. The van der Waals surface area contributed by atoms with Gasteiger partial charge in [-0.15, -0.1) is 5.10 Å². The number of aromatic nitrogens is 3. The molecule has 0 fully saturated rings. The molecule has 0 saturated heterocycles. The summed E-state index contributed by atoms with van der Waals surface area (Å²) >= 11 is 0. The quantitative estimate of drug-likeness (QED) is 0.843. The lowest BCUT2D eigenvalue weighted by molar-refractivity contribution is -0.145. The first-order valence-electron chi connectivity index (χ1n) is 7.98. The number of esters is 1. The summed E-state index contributed by atoms with van der Waals surface area (Å²) in [6.45, 7) is 5.23. The Morgan fingerprint density at radius 1 is 1.31 bits per heavy atom. The van der Waals surface area contributed by atoms with Crippen LogP contribution in [0.25, 0.3) is 0 Å². The summed E-state index contributed by atoms with van der Waals surface area (Å²) in [5.41, 5.74) is 2.04. The van der Waals surface area contributed by atoms with E-state index in [4.69, 9.17) is 4.74 Å². The van der Waals surface area contributed by atoms with Crippen LogP contribution in [0.3, 0.4) is 0 Å². The van der Waals surface area contributed by atoms with Crippen LogP contribution in [0, 0.1) is 6.92 Å². The van der Waals surface area contributed by atoms with Gasteiger partial charge in [0, 0.05) is 5.70 Å². The number of fused-ring (bicyclic) bond motifs is 1. The van der Waals surface area contributed by atoms with Crippen molar-refractivity contribution in [1.29, 1.82) is 0 Å². The number of hydrogen-bond donors (Lipinski definition) is 1. The summed E-state index contributed by atoms with van der Waals surface area (Å²) in [7, 11) is 0. The van der Waals surface area contributed by atoms with Crippen LogP contribution in [0.1, 0.15) is 36.8 Å². The molecule has 1 atom stereocenters. The molecule has 0 amide bonds. The van der Waals surface area contributed by atoms with Gasteiger partial charge < -0.3 is 10.1 Å². The van der Waals surface area contributed by atoms with Gasteiger partial charge in [0.2, 0.25) is 5.95 Å². The summed E-state index contributed by atoms with van der Waals surface area (Å²) in [4.78, 5) is 16.1. The van der Waals surface area contributed by atoms with Crippen molar-refractivity contribution in [3.05, 3.63) is 52.5 Å². The maximum Gasteiger partial charge on any atom is 0.453 e. The van der Waals surface area contributed by atoms with Crippen molar-refractivity contribution < 1.29 is 22.7 Å². The van der Waals surface area contributed by atoms with Crippen LogP contribution < -0.4 is 5.32 Å². The number of aryl methyl sites for hydroxylation is 1. The fourth-order valence-electron chi connectivity index (χ4n) is 2.93. The minimum absolute atomic E-state index is 0.0730. The van der Waals surface area contributed by atoms with E-state index in [-0.39, 0.29) is 18.1 Å². The minimum atomic E-state index is -4.69. The molecule has 2 heterocycles. The predicted octanol–water partition coefficient (Wildman–Crippen LogP) is 3.46. The van der Waals surface area contributed by atoms with Crippen molar-refractivity contribution in [1.82, 2.24) is 14.8 Å². The largest absolute Gasteiger partial charge is 0.463 e. The van der Waals surface area contributed by atoms with Crippen LogP contribution >= 0.6 is 0 Å². The zero-order valence-electron chi connectivity index (χ0n) is 14.4. The Bertz CT molecular complexity index is 886. The van der Waals surface area contributed by atoms with Crippen molar-refractivity contribution in [2.24, 2.45) is 0 Å². The summed E-state index contributed by atoms with van der Waals surface area (Å²) in [6, 6.07) is 6.26. The van der Waals surface area contributed by atoms with Crippen molar-refractivity contribution in [3.8, 4) is 0 Å². The first-order chi connectivity index (χ1) is 12.2. The number of hydrogen-bond acceptors (Lipinski definition) is 5. The van der Waals surface area contributed by atoms with Crippen LogP contribution in [-0.2, 0) is 15.7 Å². The molecule has 1 aliphatic rings. The van der Waals surface area contributed by atoms with Gasteiger partial charge in [0.1, 0.15) is 6.04 Å². The molecule has 2 aromatic rings. The van der Waals surface area contributed by atoms with Gasteiger partial charge in [-0.1, -0.05) is 24.3 Å². The van der Waals surface area contributed by atoms with Gasteiger partial charge >= 0.3 is 12.1 Å². The molecular weight excluding hydrogens is 349 g/mol. The molecule has 26 heavy (non-hydrogen) atoms. The molecule has 0 radical (unpaired) electrons. The van der Waals surface area contributed by atoms with Crippen molar-refractivity contribution in [2.75, 3.05) is 11.9 Å². The number of halogens is 3. The molecule has 1 N–H and O–H groups in total. The van der Waals surface area contributed by atoms with E-state index in [1.54, 1.807) is 26.0 Å². The number of allylic oxidation sites excluding steroid dienone is 1. The predicted molar refractivity (Wildman–Crippen MR) is 87.3 cm³/mol.